The third-order valence-electron chi connectivity index (χ3n) is 2.64. The highest BCUT2D eigenvalue weighted by molar-refractivity contribution is 5.20. The minimum absolute atomic E-state index is 0.732. The number of hydrogen-bond donors (Lipinski definition) is 1. The number of aryl methyl sites for hydroxylation is 1. The summed E-state index contributed by atoms with van der Waals surface area (Å²) in [5.74, 6) is 0. The molecule has 4 nitrogen and oxygen atoms in total. The number of rotatable bonds is 5. The lowest BCUT2D eigenvalue weighted by molar-refractivity contribution is 0.646. The van der Waals surface area contributed by atoms with Crippen LogP contribution in [0.15, 0.2) is 30.6 Å². The summed E-state index contributed by atoms with van der Waals surface area (Å²) in [6, 6.07) is 6.10. The summed E-state index contributed by atoms with van der Waals surface area (Å²) in [5.41, 5.74) is 3.35. The molecule has 2 aromatic rings. The van der Waals surface area contributed by atoms with Gasteiger partial charge >= 0.3 is 0 Å². The largest absolute Gasteiger partial charge is 0.313 e. The van der Waals surface area contributed by atoms with Crippen molar-refractivity contribution in [3.63, 3.8) is 0 Å². The number of nitrogens with zero attached hydrogens (tertiary/aromatic N) is 3. The molecule has 0 aliphatic rings. The molecule has 0 saturated carbocycles. The van der Waals surface area contributed by atoms with Gasteiger partial charge in [0.1, 0.15) is 0 Å². The highest BCUT2D eigenvalue weighted by Crippen LogP contribution is 2.07. The summed E-state index contributed by atoms with van der Waals surface area (Å²) < 4.78 is 1.92. The molecular formula is C13H18N4. The highest BCUT2D eigenvalue weighted by Gasteiger charge is 2.04. The predicted molar refractivity (Wildman–Crippen MR) is 67.7 cm³/mol. The van der Waals surface area contributed by atoms with Gasteiger partial charge in [0.2, 0.25) is 0 Å². The Kier molecular flexibility index (Phi) is 3.88. The minimum Gasteiger partial charge on any atom is -0.313 e. The van der Waals surface area contributed by atoms with Crippen LogP contribution in [0.1, 0.15) is 23.9 Å². The van der Waals surface area contributed by atoms with Crippen molar-refractivity contribution in [2.24, 2.45) is 0 Å². The van der Waals surface area contributed by atoms with Gasteiger partial charge < -0.3 is 5.32 Å². The first-order chi connectivity index (χ1) is 8.29. The maximum atomic E-state index is 4.44. The Bertz CT molecular complexity index is 476. The van der Waals surface area contributed by atoms with E-state index in [1.807, 2.05) is 36.1 Å². The van der Waals surface area contributed by atoms with Crippen molar-refractivity contribution in [2.75, 3.05) is 6.54 Å². The van der Waals surface area contributed by atoms with E-state index in [-0.39, 0.29) is 0 Å². The standard InChI is InChI=1S/C13H18N4/c1-3-14-9-12-5-4-7-15-13(12)10-17-8-6-11(2)16-17/h4-8,14H,3,9-10H2,1-2H3. The van der Waals surface area contributed by atoms with Crippen molar-refractivity contribution in [3.05, 3.63) is 47.5 Å². The molecule has 2 aromatic heterocycles. The average Bonchev–Trinajstić information content (AvgIpc) is 2.74. The highest BCUT2D eigenvalue weighted by atomic mass is 15.3. The fourth-order valence-electron chi connectivity index (χ4n) is 1.74. The molecule has 0 radical (unpaired) electrons. The van der Waals surface area contributed by atoms with Gasteiger partial charge in [-0.15, -0.1) is 0 Å². The van der Waals surface area contributed by atoms with E-state index in [2.05, 4.69) is 28.4 Å². The van der Waals surface area contributed by atoms with Crippen molar-refractivity contribution in [2.45, 2.75) is 26.9 Å². The number of nitrogens with one attached hydrogen (secondary N) is 1. The fourth-order valence-corrected chi connectivity index (χ4v) is 1.74. The summed E-state index contributed by atoms with van der Waals surface area (Å²) in [4.78, 5) is 4.44. The molecule has 0 amide bonds. The van der Waals surface area contributed by atoms with Crippen LogP contribution >= 0.6 is 0 Å². The van der Waals surface area contributed by atoms with E-state index in [4.69, 9.17) is 0 Å². The molecule has 0 aliphatic carbocycles. The van der Waals surface area contributed by atoms with Crippen LogP contribution in [0, 0.1) is 6.92 Å². The van der Waals surface area contributed by atoms with Crippen LogP contribution in [0.25, 0.3) is 0 Å². The van der Waals surface area contributed by atoms with Crippen LogP contribution in [0.4, 0.5) is 0 Å². The number of pyridine rings is 1. The van der Waals surface area contributed by atoms with E-state index in [0.717, 1.165) is 31.0 Å². The Labute approximate surface area is 102 Å². The smallest absolute Gasteiger partial charge is 0.0834 e. The van der Waals surface area contributed by atoms with E-state index >= 15 is 0 Å². The van der Waals surface area contributed by atoms with E-state index in [9.17, 15) is 0 Å². The van der Waals surface area contributed by atoms with E-state index < -0.39 is 0 Å². The van der Waals surface area contributed by atoms with Gasteiger partial charge in [-0.25, -0.2) is 0 Å². The maximum absolute atomic E-state index is 4.44. The second-order valence-corrected chi connectivity index (χ2v) is 4.04. The van der Waals surface area contributed by atoms with Gasteiger partial charge in [0.25, 0.3) is 0 Å². The summed E-state index contributed by atoms with van der Waals surface area (Å²) in [5, 5.41) is 7.71. The topological polar surface area (TPSA) is 42.7 Å². The lowest BCUT2D eigenvalue weighted by Gasteiger charge is -2.08. The van der Waals surface area contributed by atoms with Crippen molar-refractivity contribution in [3.8, 4) is 0 Å². The maximum Gasteiger partial charge on any atom is 0.0834 e. The van der Waals surface area contributed by atoms with Crippen LogP contribution in [0.5, 0.6) is 0 Å². The molecule has 0 aromatic carbocycles. The molecule has 0 fully saturated rings. The SMILES string of the molecule is CCNCc1cccnc1Cn1ccc(C)n1. The Balaban J connectivity index is 2.14. The van der Waals surface area contributed by atoms with Gasteiger partial charge in [0, 0.05) is 18.9 Å². The van der Waals surface area contributed by atoms with Crippen LogP contribution in [0.2, 0.25) is 0 Å². The first-order valence-corrected chi connectivity index (χ1v) is 5.93. The second kappa shape index (κ2) is 5.59. The van der Waals surface area contributed by atoms with Crippen LogP contribution in [-0.2, 0) is 13.1 Å². The molecule has 0 bridgehead atoms. The Morgan fingerprint density at radius 3 is 2.94 bits per heavy atom. The molecule has 90 valence electrons. The van der Waals surface area contributed by atoms with Crippen molar-refractivity contribution >= 4 is 0 Å². The molecule has 1 N–H and O–H groups in total. The van der Waals surface area contributed by atoms with Gasteiger partial charge in [-0.3, -0.25) is 9.67 Å². The van der Waals surface area contributed by atoms with Gasteiger partial charge in [0.15, 0.2) is 0 Å². The summed E-state index contributed by atoms with van der Waals surface area (Å²) in [7, 11) is 0. The van der Waals surface area contributed by atoms with E-state index in [1.54, 1.807) is 0 Å². The number of aromatic nitrogens is 3. The summed E-state index contributed by atoms with van der Waals surface area (Å²) in [6.07, 6.45) is 3.82. The Morgan fingerprint density at radius 1 is 1.35 bits per heavy atom. The predicted octanol–water partition coefficient (Wildman–Crippen LogP) is 1.74. The zero-order chi connectivity index (χ0) is 12.1. The van der Waals surface area contributed by atoms with Crippen LogP contribution in [0.3, 0.4) is 0 Å². The molecule has 2 heterocycles. The van der Waals surface area contributed by atoms with E-state index in [0.29, 0.717) is 0 Å². The van der Waals surface area contributed by atoms with Gasteiger partial charge in [-0.2, -0.15) is 5.10 Å². The van der Waals surface area contributed by atoms with Gasteiger partial charge in [-0.1, -0.05) is 13.0 Å². The molecule has 0 spiro atoms. The Morgan fingerprint density at radius 2 is 2.24 bits per heavy atom. The quantitative estimate of drug-likeness (QED) is 0.851. The third-order valence-corrected chi connectivity index (χ3v) is 2.64. The van der Waals surface area contributed by atoms with Crippen molar-refractivity contribution < 1.29 is 0 Å². The lowest BCUT2D eigenvalue weighted by Crippen LogP contribution is -2.15. The van der Waals surface area contributed by atoms with Crippen molar-refractivity contribution in [1.82, 2.24) is 20.1 Å². The monoisotopic (exact) mass is 230 g/mol. The molecule has 4 heteroatoms. The average molecular weight is 230 g/mol. The zero-order valence-corrected chi connectivity index (χ0v) is 10.3. The van der Waals surface area contributed by atoms with Gasteiger partial charge in [0.05, 0.1) is 17.9 Å². The number of hydrogen-bond acceptors (Lipinski definition) is 3. The molecule has 2 rings (SSSR count). The van der Waals surface area contributed by atoms with Crippen LogP contribution < -0.4 is 5.32 Å². The molecule has 0 saturated heterocycles. The Hall–Kier alpha value is -1.68. The zero-order valence-electron chi connectivity index (χ0n) is 10.3. The first kappa shape index (κ1) is 11.8. The van der Waals surface area contributed by atoms with Crippen molar-refractivity contribution in [1.29, 1.82) is 0 Å². The molecule has 0 unspecified atom stereocenters. The first-order valence-electron chi connectivity index (χ1n) is 5.93. The minimum atomic E-state index is 0.732. The summed E-state index contributed by atoms with van der Waals surface area (Å²) >= 11 is 0. The lowest BCUT2D eigenvalue weighted by atomic mass is 10.2. The third kappa shape index (κ3) is 3.14. The van der Waals surface area contributed by atoms with Crippen LogP contribution in [-0.4, -0.2) is 21.3 Å². The van der Waals surface area contributed by atoms with Gasteiger partial charge in [-0.05, 0) is 31.2 Å². The molecular weight excluding hydrogens is 212 g/mol. The summed E-state index contributed by atoms with van der Waals surface area (Å²) in [6.45, 7) is 6.66. The molecule has 0 aliphatic heterocycles. The fraction of sp³-hybridized carbons (Fsp3) is 0.385. The normalized spacial score (nSPS) is 10.7. The molecule has 17 heavy (non-hydrogen) atoms. The second-order valence-electron chi connectivity index (χ2n) is 4.04. The molecule has 0 atom stereocenters. The van der Waals surface area contributed by atoms with E-state index in [1.165, 1.54) is 5.56 Å².